The maximum atomic E-state index is 11.1. The summed E-state index contributed by atoms with van der Waals surface area (Å²) in [5, 5.41) is 2.69. The first kappa shape index (κ1) is 12.9. The highest BCUT2D eigenvalue weighted by Gasteiger charge is 2.19. The number of carbonyl (C=O) groups excluding carboxylic acids is 1. The van der Waals surface area contributed by atoms with Crippen molar-refractivity contribution in [1.29, 1.82) is 0 Å². The highest BCUT2D eigenvalue weighted by atomic mass is 16.5. The Balaban J connectivity index is 2.31. The molecule has 1 fully saturated rings. The van der Waals surface area contributed by atoms with E-state index in [9.17, 15) is 4.79 Å². The summed E-state index contributed by atoms with van der Waals surface area (Å²) in [5.74, 6) is 2.72. The Morgan fingerprint density at radius 3 is 2.75 bits per heavy atom. The van der Waals surface area contributed by atoms with Crippen LogP contribution >= 0.6 is 0 Å². The third-order valence-electron chi connectivity index (χ3n) is 2.74. The molecule has 1 amide bonds. The number of alkyl carbamates (subject to hydrolysis) is 1. The summed E-state index contributed by atoms with van der Waals surface area (Å²) in [6.45, 7) is 4.69. The molecule has 1 unspecified atom stereocenters. The molecule has 1 saturated heterocycles. The smallest absolute Gasteiger partial charge is 0.407 e. The molecule has 90 valence electrons. The SMILES string of the molecule is C#CC(CNC(=O)OCC)N1CCCCC1. The summed E-state index contributed by atoms with van der Waals surface area (Å²) in [4.78, 5) is 13.4. The molecule has 0 radical (unpaired) electrons. The Bertz CT molecular complexity index is 254. The van der Waals surface area contributed by atoms with Crippen molar-refractivity contribution in [2.75, 3.05) is 26.2 Å². The van der Waals surface area contributed by atoms with Gasteiger partial charge < -0.3 is 10.1 Å². The van der Waals surface area contributed by atoms with Gasteiger partial charge >= 0.3 is 6.09 Å². The largest absolute Gasteiger partial charge is 0.450 e. The predicted octanol–water partition coefficient (Wildman–Crippen LogP) is 1.22. The van der Waals surface area contributed by atoms with E-state index in [2.05, 4.69) is 16.1 Å². The number of nitrogens with one attached hydrogen (secondary N) is 1. The van der Waals surface area contributed by atoms with Crippen LogP contribution in [-0.4, -0.2) is 43.3 Å². The van der Waals surface area contributed by atoms with Gasteiger partial charge in [-0.1, -0.05) is 12.3 Å². The van der Waals surface area contributed by atoms with Crippen LogP contribution < -0.4 is 5.32 Å². The molecule has 0 spiro atoms. The lowest BCUT2D eigenvalue weighted by atomic mass is 10.1. The molecule has 0 bridgehead atoms. The van der Waals surface area contributed by atoms with Crippen LogP contribution in [0.25, 0.3) is 0 Å². The predicted molar refractivity (Wildman–Crippen MR) is 63.1 cm³/mol. The van der Waals surface area contributed by atoms with Crippen molar-refractivity contribution in [3.63, 3.8) is 0 Å². The molecule has 16 heavy (non-hydrogen) atoms. The number of rotatable bonds is 4. The molecule has 0 aliphatic carbocycles. The highest BCUT2D eigenvalue weighted by molar-refractivity contribution is 5.67. The minimum atomic E-state index is -0.389. The molecule has 1 N–H and O–H groups in total. The lowest BCUT2D eigenvalue weighted by Gasteiger charge is -2.31. The molecule has 1 aliphatic rings. The Morgan fingerprint density at radius 1 is 1.50 bits per heavy atom. The standard InChI is InChI=1S/C12H20N2O2/c1-3-11(10-13-12(15)16-4-2)14-8-6-5-7-9-14/h1,11H,4-10H2,2H3,(H,13,15). The molecule has 1 heterocycles. The zero-order valence-corrected chi connectivity index (χ0v) is 9.87. The van der Waals surface area contributed by atoms with Crippen molar-refractivity contribution in [2.24, 2.45) is 0 Å². The van der Waals surface area contributed by atoms with Crippen molar-refractivity contribution in [3.05, 3.63) is 0 Å². The van der Waals surface area contributed by atoms with Gasteiger partial charge in [-0.05, 0) is 32.9 Å². The zero-order valence-electron chi connectivity index (χ0n) is 9.87. The van der Waals surface area contributed by atoms with Crippen molar-refractivity contribution in [3.8, 4) is 12.3 Å². The van der Waals surface area contributed by atoms with Gasteiger partial charge in [0.2, 0.25) is 0 Å². The van der Waals surface area contributed by atoms with Crippen LogP contribution in [0.3, 0.4) is 0 Å². The Hall–Kier alpha value is -1.21. The third kappa shape index (κ3) is 4.11. The maximum Gasteiger partial charge on any atom is 0.407 e. The van der Waals surface area contributed by atoms with Gasteiger partial charge in [0.25, 0.3) is 0 Å². The average molecular weight is 224 g/mol. The monoisotopic (exact) mass is 224 g/mol. The lowest BCUT2D eigenvalue weighted by molar-refractivity contribution is 0.144. The number of carbonyl (C=O) groups is 1. The summed E-state index contributed by atoms with van der Waals surface area (Å²) in [5.41, 5.74) is 0. The van der Waals surface area contributed by atoms with E-state index in [1.165, 1.54) is 19.3 Å². The van der Waals surface area contributed by atoms with Gasteiger partial charge in [0.15, 0.2) is 0 Å². The maximum absolute atomic E-state index is 11.1. The van der Waals surface area contributed by atoms with Crippen LogP contribution in [0.1, 0.15) is 26.2 Å². The van der Waals surface area contributed by atoms with Gasteiger partial charge in [0.05, 0.1) is 12.6 Å². The third-order valence-corrected chi connectivity index (χ3v) is 2.74. The number of hydrogen-bond donors (Lipinski definition) is 1. The fraction of sp³-hybridized carbons (Fsp3) is 0.750. The van der Waals surface area contributed by atoms with E-state index in [1.54, 1.807) is 6.92 Å². The van der Waals surface area contributed by atoms with Crippen LogP contribution in [0, 0.1) is 12.3 Å². The number of hydrogen-bond acceptors (Lipinski definition) is 3. The van der Waals surface area contributed by atoms with Crippen LogP contribution in [0.2, 0.25) is 0 Å². The topological polar surface area (TPSA) is 41.6 Å². The Morgan fingerprint density at radius 2 is 2.19 bits per heavy atom. The van der Waals surface area contributed by atoms with Crippen LogP contribution in [0.5, 0.6) is 0 Å². The van der Waals surface area contributed by atoms with E-state index in [4.69, 9.17) is 11.2 Å². The van der Waals surface area contributed by atoms with E-state index in [0.29, 0.717) is 13.2 Å². The number of ether oxygens (including phenoxy) is 1. The second kappa shape index (κ2) is 7.13. The number of nitrogens with zero attached hydrogens (tertiary/aromatic N) is 1. The molecule has 0 saturated carbocycles. The molecule has 4 heteroatoms. The Kier molecular flexibility index (Phi) is 5.73. The summed E-state index contributed by atoms with van der Waals surface area (Å²) < 4.78 is 4.79. The second-order valence-corrected chi connectivity index (χ2v) is 3.88. The van der Waals surface area contributed by atoms with Crippen molar-refractivity contribution in [2.45, 2.75) is 32.2 Å². The first-order valence-corrected chi connectivity index (χ1v) is 5.88. The first-order chi connectivity index (χ1) is 7.77. The van der Waals surface area contributed by atoms with Gasteiger partial charge in [-0.2, -0.15) is 0 Å². The summed E-state index contributed by atoms with van der Waals surface area (Å²) >= 11 is 0. The van der Waals surface area contributed by atoms with Crippen molar-refractivity contribution >= 4 is 6.09 Å². The van der Waals surface area contributed by atoms with E-state index < -0.39 is 0 Å². The van der Waals surface area contributed by atoms with Crippen molar-refractivity contribution < 1.29 is 9.53 Å². The zero-order chi connectivity index (χ0) is 11.8. The number of likely N-dealkylation sites (tertiary alicyclic amines) is 1. The van der Waals surface area contributed by atoms with Crippen molar-refractivity contribution in [1.82, 2.24) is 10.2 Å². The Labute approximate surface area is 97.3 Å². The van der Waals surface area contributed by atoms with E-state index in [-0.39, 0.29) is 12.1 Å². The van der Waals surface area contributed by atoms with Crippen LogP contribution in [0.15, 0.2) is 0 Å². The molecule has 1 atom stereocenters. The summed E-state index contributed by atoms with van der Waals surface area (Å²) in [7, 11) is 0. The van der Waals surface area contributed by atoms with Gasteiger partial charge in [0.1, 0.15) is 0 Å². The molecule has 0 aromatic heterocycles. The van der Waals surface area contributed by atoms with E-state index in [0.717, 1.165) is 13.1 Å². The molecule has 0 aromatic rings. The molecular formula is C12H20N2O2. The molecule has 4 nitrogen and oxygen atoms in total. The molecule has 1 aliphatic heterocycles. The first-order valence-electron chi connectivity index (χ1n) is 5.88. The molecule has 0 aromatic carbocycles. The molecule has 1 rings (SSSR count). The van der Waals surface area contributed by atoms with Gasteiger partial charge in [0, 0.05) is 6.54 Å². The van der Waals surface area contributed by atoms with Crippen LogP contribution in [-0.2, 0) is 4.74 Å². The van der Waals surface area contributed by atoms with Gasteiger partial charge in [-0.3, -0.25) is 4.90 Å². The van der Waals surface area contributed by atoms with Crippen LogP contribution in [0.4, 0.5) is 4.79 Å². The molecular weight excluding hydrogens is 204 g/mol. The fourth-order valence-corrected chi connectivity index (χ4v) is 1.89. The quantitative estimate of drug-likeness (QED) is 0.730. The second-order valence-electron chi connectivity index (χ2n) is 3.88. The van der Waals surface area contributed by atoms with Gasteiger partial charge in [-0.25, -0.2) is 4.79 Å². The van der Waals surface area contributed by atoms with E-state index >= 15 is 0 Å². The lowest BCUT2D eigenvalue weighted by Crippen LogP contribution is -2.45. The van der Waals surface area contributed by atoms with E-state index in [1.807, 2.05) is 0 Å². The highest BCUT2D eigenvalue weighted by Crippen LogP contribution is 2.11. The summed E-state index contributed by atoms with van der Waals surface area (Å²) in [6, 6.07) is -0.00953. The minimum absolute atomic E-state index is 0.00953. The fourth-order valence-electron chi connectivity index (χ4n) is 1.89. The summed E-state index contributed by atoms with van der Waals surface area (Å²) in [6.07, 6.45) is 8.75. The number of amides is 1. The van der Waals surface area contributed by atoms with Gasteiger partial charge in [-0.15, -0.1) is 6.42 Å². The normalized spacial score (nSPS) is 18.5. The average Bonchev–Trinajstić information content (AvgIpc) is 2.31. The minimum Gasteiger partial charge on any atom is -0.450 e. The number of piperidine rings is 1. The number of terminal acetylenes is 1.